The summed E-state index contributed by atoms with van der Waals surface area (Å²) >= 11 is 0. The average molecular weight is 267 g/mol. The molecule has 0 fully saturated rings. The summed E-state index contributed by atoms with van der Waals surface area (Å²) in [5, 5.41) is 3.11. The van der Waals surface area contributed by atoms with Crippen molar-refractivity contribution in [1.29, 1.82) is 0 Å². The molecule has 0 unspecified atom stereocenters. The molecule has 0 bridgehead atoms. The fraction of sp³-hybridized carbons (Fsp3) is 0.455. The summed E-state index contributed by atoms with van der Waals surface area (Å²) in [6.07, 6.45) is -4.16. The minimum Gasteiger partial charge on any atom is -0.361 e. The van der Waals surface area contributed by atoms with Gasteiger partial charge in [0.2, 0.25) is 0 Å². The molecule has 1 aromatic rings. The number of hydrogen-bond donors (Lipinski definition) is 1. The van der Waals surface area contributed by atoms with Crippen LogP contribution in [0.2, 0.25) is 0 Å². The van der Waals surface area contributed by atoms with Crippen LogP contribution in [0.25, 0.3) is 0 Å². The Balaban J connectivity index is 0.00000144. The van der Waals surface area contributed by atoms with Gasteiger partial charge in [-0.05, 0) is 11.6 Å². The molecule has 0 amide bonds. The molecule has 0 aliphatic carbocycles. The van der Waals surface area contributed by atoms with E-state index in [0.29, 0.717) is 25.3 Å². The second-order valence-corrected chi connectivity index (χ2v) is 3.84. The van der Waals surface area contributed by atoms with Crippen LogP contribution in [0.3, 0.4) is 0 Å². The number of para-hydroxylation sites is 1. The van der Waals surface area contributed by atoms with Crippen LogP contribution in [0.1, 0.15) is 5.56 Å². The molecule has 0 aromatic heterocycles. The zero-order valence-corrected chi connectivity index (χ0v) is 9.94. The molecule has 2 nitrogen and oxygen atoms in total. The maximum atomic E-state index is 12.4. The third kappa shape index (κ3) is 3.78. The Kier molecular flexibility index (Phi) is 4.65. The van der Waals surface area contributed by atoms with Crippen LogP contribution in [-0.2, 0) is 6.54 Å². The van der Waals surface area contributed by atoms with E-state index >= 15 is 0 Å². The molecular weight excluding hydrogens is 253 g/mol. The van der Waals surface area contributed by atoms with Crippen LogP contribution in [-0.4, -0.2) is 25.8 Å². The highest BCUT2D eigenvalue weighted by atomic mass is 35.5. The SMILES string of the molecule is Cl.FC(F)(F)CN1CCNCc2ccccc21. The van der Waals surface area contributed by atoms with Crippen molar-refractivity contribution in [2.75, 3.05) is 24.5 Å². The van der Waals surface area contributed by atoms with Gasteiger partial charge in [0.05, 0.1) is 0 Å². The average Bonchev–Trinajstić information content (AvgIpc) is 2.39. The van der Waals surface area contributed by atoms with E-state index in [1.807, 2.05) is 12.1 Å². The lowest BCUT2D eigenvalue weighted by Crippen LogP contribution is -2.37. The Bertz CT molecular complexity index is 368. The number of anilines is 1. The summed E-state index contributed by atoms with van der Waals surface area (Å²) in [5.74, 6) is 0. The van der Waals surface area contributed by atoms with Crippen molar-refractivity contribution in [1.82, 2.24) is 5.32 Å². The van der Waals surface area contributed by atoms with E-state index in [9.17, 15) is 13.2 Å². The van der Waals surface area contributed by atoms with Gasteiger partial charge >= 0.3 is 6.18 Å². The van der Waals surface area contributed by atoms with E-state index in [-0.39, 0.29) is 12.4 Å². The zero-order valence-electron chi connectivity index (χ0n) is 9.13. The first-order valence-electron chi connectivity index (χ1n) is 5.16. The molecule has 1 heterocycles. The molecule has 2 rings (SSSR count). The van der Waals surface area contributed by atoms with E-state index in [0.717, 1.165) is 5.56 Å². The zero-order chi connectivity index (χ0) is 11.6. The summed E-state index contributed by atoms with van der Waals surface area (Å²) in [6.45, 7) is 0.706. The lowest BCUT2D eigenvalue weighted by Gasteiger charge is -2.25. The van der Waals surface area contributed by atoms with Crippen LogP contribution in [0, 0.1) is 0 Å². The third-order valence-corrected chi connectivity index (χ3v) is 2.58. The molecule has 0 saturated carbocycles. The standard InChI is InChI=1S/C11H13F3N2.ClH/c12-11(13,14)8-16-6-5-15-7-9-3-1-2-4-10(9)16;/h1-4,15H,5-8H2;1H. The normalized spacial score (nSPS) is 15.8. The number of hydrogen-bond acceptors (Lipinski definition) is 2. The van der Waals surface area contributed by atoms with E-state index in [1.54, 1.807) is 12.1 Å². The summed E-state index contributed by atoms with van der Waals surface area (Å²) in [5.41, 5.74) is 1.61. The molecule has 1 aliphatic rings. The van der Waals surface area contributed by atoms with Gasteiger partial charge in [0.15, 0.2) is 0 Å². The number of benzene rings is 1. The Hall–Kier alpha value is -0.940. The van der Waals surface area contributed by atoms with Gasteiger partial charge in [-0.15, -0.1) is 12.4 Å². The fourth-order valence-electron chi connectivity index (χ4n) is 1.91. The smallest absolute Gasteiger partial charge is 0.361 e. The van der Waals surface area contributed by atoms with E-state index in [4.69, 9.17) is 0 Å². The van der Waals surface area contributed by atoms with Crippen LogP contribution in [0.4, 0.5) is 18.9 Å². The van der Waals surface area contributed by atoms with Gasteiger partial charge < -0.3 is 10.2 Å². The van der Waals surface area contributed by atoms with Crippen LogP contribution < -0.4 is 10.2 Å². The molecule has 96 valence electrons. The number of rotatable bonds is 1. The van der Waals surface area contributed by atoms with E-state index < -0.39 is 12.7 Å². The third-order valence-electron chi connectivity index (χ3n) is 2.58. The molecule has 1 aliphatic heterocycles. The van der Waals surface area contributed by atoms with Crippen molar-refractivity contribution in [2.24, 2.45) is 0 Å². The maximum Gasteiger partial charge on any atom is 0.405 e. The lowest BCUT2D eigenvalue weighted by molar-refractivity contribution is -0.119. The molecule has 0 radical (unpaired) electrons. The first-order chi connectivity index (χ1) is 7.56. The van der Waals surface area contributed by atoms with Crippen LogP contribution >= 0.6 is 12.4 Å². The van der Waals surface area contributed by atoms with Gasteiger partial charge in [-0.2, -0.15) is 13.2 Å². The molecule has 0 saturated heterocycles. The largest absolute Gasteiger partial charge is 0.405 e. The minimum atomic E-state index is -4.16. The molecule has 1 N–H and O–H groups in total. The summed E-state index contributed by atoms with van der Waals surface area (Å²) in [6, 6.07) is 7.22. The first-order valence-corrected chi connectivity index (χ1v) is 5.16. The predicted molar refractivity (Wildman–Crippen MR) is 63.7 cm³/mol. The molecule has 6 heteroatoms. The van der Waals surface area contributed by atoms with Gasteiger partial charge in [0, 0.05) is 25.3 Å². The maximum absolute atomic E-state index is 12.4. The van der Waals surface area contributed by atoms with Gasteiger partial charge in [-0.3, -0.25) is 0 Å². The Morgan fingerprint density at radius 3 is 2.65 bits per heavy atom. The van der Waals surface area contributed by atoms with Gasteiger partial charge in [0.1, 0.15) is 6.54 Å². The molecular formula is C11H14ClF3N2. The summed E-state index contributed by atoms with van der Waals surface area (Å²) in [7, 11) is 0. The molecule has 1 aromatic carbocycles. The fourth-order valence-corrected chi connectivity index (χ4v) is 1.91. The highest BCUT2D eigenvalue weighted by Crippen LogP contribution is 2.26. The second kappa shape index (κ2) is 5.60. The molecule has 0 spiro atoms. The topological polar surface area (TPSA) is 15.3 Å². The van der Waals surface area contributed by atoms with Gasteiger partial charge in [-0.25, -0.2) is 0 Å². The summed E-state index contributed by atoms with van der Waals surface area (Å²) in [4.78, 5) is 1.38. The van der Waals surface area contributed by atoms with Crippen LogP contribution in [0.5, 0.6) is 0 Å². The van der Waals surface area contributed by atoms with Crippen LogP contribution in [0.15, 0.2) is 24.3 Å². The first kappa shape index (κ1) is 14.1. The quantitative estimate of drug-likeness (QED) is 0.841. The second-order valence-electron chi connectivity index (χ2n) is 3.84. The Morgan fingerprint density at radius 1 is 1.24 bits per heavy atom. The highest BCUT2D eigenvalue weighted by molar-refractivity contribution is 5.85. The van der Waals surface area contributed by atoms with E-state index in [2.05, 4.69) is 5.32 Å². The number of alkyl halides is 3. The summed E-state index contributed by atoms with van der Waals surface area (Å²) < 4.78 is 37.2. The van der Waals surface area contributed by atoms with Gasteiger partial charge in [0.25, 0.3) is 0 Å². The lowest BCUT2D eigenvalue weighted by atomic mass is 10.1. The van der Waals surface area contributed by atoms with Crippen molar-refractivity contribution < 1.29 is 13.2 Å². The van der Waals surface area contributed by atoms with Gasteiger partial charge in [-0.1, -0.05) is 18.2 Å². The van der Waals surface area contributed by atoms with Crippen molar-refractivity contribution >= 4 is 18.1 Å². The molecule has 0 atom stereocenters. The Morgan fingerprint density at radius 2 is 1.94 bits per heavy atom. The molecule has 17 heavy (non-hydrogen) atoms. The predicted octanol–water partition coefficient (Wildman–Crippen LogP) is 2.58. The van der Waals surface area contributed by atoms with Crippen molar-refractivity contribution in [3.63, 3.8) is 0 Å². The van der Waals surface area contributed by atoms with Crippen molar-refractivity contribution in [2.45, 2.75) is 12.7 Å². The minimum absolute atomic E-state index is 0. The Labute approximate surface area is 104 Å². The number of nitrogens with one attached hydrogen (secondary N) is 1. The number of nitrogens with zero attached hydrogens (tertiary/aromatic N) is 1. The highest BCUT2D eigenvalue weighted by Gasteiger charge is 2.31. The van der Waals surface area contributed by atoms with Crippen molar-refractivity contribution in [3.8, 4) is 0 Å². The number of halogens is 4. The monoisotopic (exact) mass is 266 g/mol. The van der Waals surface area contributed by atoms with Crippen molar-refractivity contribution in [3.05, 3.63) is 29.8 Å². The number of fused-ring (bicyclic) bond motifs is 1. The van der Waals surface area contributed by atoms with E-state index in [1.165, 1.54) is 4.90 Å².